The highest BCUT2D eigenvalue weighted by Gasteiger charge is 2.18. The van der Waals surface area contributed by atoms with E-state index in [1.807, 2.05) is 24.6 Å². The predicted molar refractivity (Wildman–Crippen MR) is 105 cm³/mol. The van der Waals surface area contributed by atoms with E-state index in [-0.39, 0.29) is 23.8 Å². The summed E-state index contributed by atoms with van der Waals surface area (Å²) in [6.45, 7) is 8.79. The van der Waals surface area contributed by atoms with E-state index in [0.29, 0.717) is 18.5 Å². The number of rotatable bonds is 9. The maximum atomic E-state index is 12.7. The van der Waals surface area contributed by atoms with Crippen LogP contribution in [0.3, 0.4) is 0 Å². The van der Waals surface area contributed by atoms with Crippen molar-refractivity contribution >= 4 is 22.9 Å². The first kappa shape index (κ1) is 20.9. The summed E-state index contributed by atoms with van der Waals surface area (Å²) in [5, 5.41) is 8.17. The van der Waals surface area contributed by atoms with Crippen LogP contribution in [-0.4, -0.2) is 40.3 Å². The van der Waals surface area contributed by atoms with Gasteiger partial charge in [0, 0.05) is 24.7 Å². The van der Waals surface area contributed by atoms with Crippen molar-refractivity contribution in [2.45, 2.75) is 65.3 Å². The topological polar surface area (TPSA) is 86.1 Å². The fourth-order valence-corrected chi connectivity index (χ4v) is 2.87. The molecular weight excluding hydrogens is 344 g/mol. The number of unbranched alkanes of at least 4 members (excludes halogenated alkanes) is 2. The number of amides is 1. The summed E-state index contributed by atoms with van der Waals surface area (Å²) in [5.41, 5.74) is 2.25. The molecule has 2 heterocycles. The van der Waals surface area contributed by atoms with E-state index in [2.05, 4.69) is 29.0 Å². The molecule has 0 fully saturated rings. The minimum Gasteiger partial charge on any atom is -0.469 e. The van der Waals surface area contributed by atoms with E-state index in [4.69, 9.17) is 4.98 Å². The maximum absolute atomic E-state index is 12.7. The number of hydrogen-bond donors (Lipinski definition) is 1. The number of methoxy groups -OCH3 is 1. The fourth-order valence-electron chi connectivity index (χ4n) is 2.87. The number of nitrogens with zero attached hydrogens (tertiary/aromatic N) is 3. The van der Waals surface area contributed by atoms with Crippen molar-refractivity contribution < 1.29 is 14.3 Å². The molecule has 2 aromatic rings. The van der Waals surface area contributed by atoms with Gasteiger partial charge in [-0.2, -0.15) is 5.10 Å². The molecule has 2 rings (SSSR count). The minimum absolute atomic E-state index is 0.111. The molecule has 0 atom stereocenters. The predicted octanol–water partition coefficient (Wildman–Crippen LogP) is 3.60. The second-order valence-electron chi connectivity index (χ2n) is 7.31. The van der Waals surface area contributed by atoms with Crippen LogP contribution in [0.4, 0.5) is 0 Å². The molecule has 0 spiro atoms. The van der Waals surface area contributed by atoms with Gasteiger partial charge in [0.2, 0.25) is 0 Å². The molecule has 0 bridgehead atoms. The second kappa shape index (κ2) is 9.48. The smallest absolute Gasteiger partial charge is 0.305 e. The summed E-state index contributed by atoms with van der Waals surface area (Å²) in [6.07, 6.45) is 4.59. The molecule has 7 heteroatoms. The first-order valence-corrected chi connectivity index (χ1v) is 9.58. The van der Waals surface area contributed by atoms with E-state index in [1.54, 1.807) is 6.20 Å². The second-order valence-corrected chi connectivity index (χ2v) is 7.31. The van der Waals surface area contributed by atoms with Gasteiger partial charge in [-0.1, -0.05) is 20.3 Å². The van der Waals surface area contributed by atoms with Crippen LogP contribution < -0.4 is 5.32 Å². The van der Waals surface area contributed by atoms with Gasteiger partial charge < -0.3 is 10.1 Å². The average Bonchev–Trinajstić information content (AvgIpc) is 3.07. The minimum atomic E-state index is -0.193. The summed E-state index contributed by atoms with van der Waals surface area (Å²) in [5.74, 6) is -0.0862. The Hall–Kier alpha value is -2.44. The third kappa shape index (κ3) is 5.28. The van der Waals surface area contributed by atoms with E-state index in [9.17, 15) is 9.59 Å². The largest absolute Gasteiger partial charge is 0.469 e. The number of pyridine rings is 1. The van der Waals surface area contributed by atoms with Gasteiger partial charge in [-0.25, -0.2) is 9.67 Å². The fraction of sp³-hybridized carbons (Fsp3) is 0.600. The zero-order chi connectivity index (χ0) is 20.0. The Balaban J connectivity index is 2.07. The Kier molecular flexibility index (Phi) is 7.33. The van der Waals surface area contributed by atoms with Gasteiger partial charge >= 0.3 is 5.97 Å². The molecule has 0 unspecified atom stereocenters. The Morgan fingerprint density at radius 3 is 2.56 bits per heavy atom. The lowest BCUT2D eigenvalue weighted by atomic mass is 10.0. The molecule has 0 aromatic carbocycles. The quantitative estimate of drug-likeness (QED) is 0.535. The highest BCUT2D eigenvalue weighted by Crippen LogP contribution is 2.24. The van der Waals surface area contributed by atoms with Crippen LogP contribution in [0.1, 0.15) is 81.4 Å². The molecule has 0 aliphatic carbocycles. The number of fused-ring (bicyclic) bond motifs is 1. The lowest BCUT2D eigenvalue weighted by molar-refractivity contribution is -0.140. The van der Waals surface area contributed by atoms with Gasteiger partial charge in [-0.15, -0.1) is 0 Å². The molecule has 7 nitrogen and oxygen atoms in total. The molecule has 1 N–H and O–H groups in total. The lowest BCUT2D eigenvalue weighted by Gasteiger charge is -2.12. The molecule has 2 aromatic heterocycles. The third-order valence-electron chi connectivity index (χ3n) is 4.48. The zero-order valence-corrected chi connectivity index (χ0v) is 16.9. The normalized spacial score (nSPS) is 11.4. The highest BCUT2D eigenvalue weighted by molar-refractivity contribution is 6.05. The number of nitrogens with one attached hydrogen (secondary N) is 1. The maximum Gasteiger partial charge on any atom is 0.305 e. The van der Waals surface area contributed by atoms with Crippen LogP contribution >= 0.6 is 0 Å². The molecule has 0 saturated heterocycles. The van der Waals surface area contributed by atoms with Crippen molar-refractivity contribution in [3.63, 3.8) is 0 Å². The first-order valence-electron chi connectivity index (χ1n) is 9.58. The summed E-state index contributed by atoms with van der Waals surface area (Å²) in [4.78, 5) is 28.6. The average molecular weight is 374 g/mol. The lowest BCUT2D eigenvalue weighted by Crippen LogP contribution is -2.25. The van der Waals surface area contributed by atoms with E-state index < -0.39 is 0 Å². The van der Waals surface area contributed by atoms with Crippen molar-refractivity contribution in [3.05, 3.63) is 23.5 Å². The van der Waals surface area contributed by atoms with Gasteiger partial charge in [0.05, 0.1) is 24.3 Å². The summed E-state index contributed by atoms with van der Waals surface area (Å²) >= 11 is 0. The molecule has 27 heavy (non-hydrogen) atoms. The number of carbonyl (C=O) groups excluding carboxylic acids is 2. The van der Waals surface area contributed by atoms with Gasteiger partial charge in [0.1, 0.15) is 0 Å². The van der Waals surface area contributed by atoms with Crippen LogP contribution in [0.5, 0.6) is 0 Å². The van der Waals surface area contributed by atoms with Crippen molar-refractivity contribution in [1.82, 2.24) is 20.1 Å². The molecule has 0 aliphatic heterocycles. The van der Waals surface area contributed by atoms with Crippen molar-refractivity contribution in [2.24, 2.45) is 0 Å². The molecule has 0 radical (unpaired) electrons. The van der Waals surface area contributed by atoms with Crippen LogP contribution in [-0.2, 0) is 9.53 Å². The van der Waals surface area contributed by atoms with Crippen LogP contribution in [0.15, 0.2) is 12.3 Å². The molecular formula is C20H30N4O3. The Morgan fingerprint density at radius 2 is 1.93 bits per heavy atom. The van der Waals surface area contributed by atoms with Crippen LogP contribution in [0.2, 0.25) is 0 Å². The van der Waals surface area contributed by atoms with E-state index in [1.165, 1.54) is 7.11 Å². The van der Waals surface area contributed by atoms with Gasteiger partial charge in [0.25, 0.3) is 5.91 Å². The van der Waals surface area contributed by atoms with Gasteiger partial charge in [-0.05, 0) is 38.7 Å². The number of aromatic nitrogens is 3. The molecule has 148 valence electrons. The Labute approximate surface area is 160 Å². The number of hydrogen-bond acceptors (Lipinski definition) is 5. The monoisotopic (exact) mass is 374 g/mol. The highest BCUT2D eigenvalue weighted by atomic mass is 16.5. The Morgan fingerprint density at radius 1 is 1.19 bits per heavy atom. The van der Waals surface area contributed by atoms with Crippen molar-refractivity contribution in [2.75, 3.05) is 13.7 Å². The molecule has 1 amide bonds. The zero-order valence-electron chi connectivity index (χ0n) is 16.9. The molecule has 0 saturated carbocycles. The van der Waals surface area contributed by atoms with E-state index in [0.717, 1.165) is 36.0 Å². The third-order valence-corrected chi connectivity index (χ3v) is 4.48. The van der Waals surface area contributed by atoms with Gasteiger partial charge in [0.15, 0.2) is 5.65 Å². The number of carbonyl (C=O) groups is 2. The first-order chi connectivity index (χ1) is 12.8. The van der Waals surface area contributed by atoms with Crippen molar-refractivity contribution in [3.8, 4) is 0 Å². The van der Waals surface area contributed by atoms with Crippen LogP contribution in [0.25, 0.3) is 11.0 Å². The summed E-state index contributed by atoms with van der Waals surface area (Å²) in [6, 6.07) is 2.04. The van der Waals surface area contributed by atoms with E-state index >= 15 is 0 Å². The summed E-state index contributed by atoms with van der Waals surface area (Å²) < 4.78 is 6.47. The summed E-state index contributed by atoms with van der Waals surface area (Å²) in [7, 11) is 1.39. The SMILES string of the molecule is COC(=O)CCCCCNC(=O)c1cc(C(C)C)nc2c1cnn2C(C)C. The van der Waals surface area contributed by atoms with Gasteiger partial charge in [-0.3, -0.25) is 9.59 Å². The standard InChI is InChI=1S/C20H30N4O3/c1-13(2)17-11-15(16-12-22-24(14(3)4)19(16)23-17)20(26)21-10-8-6-7-9-18(25)27-5/h11-14H,6-10H2,1-5H3,(H,21,26). The number of esters is 1. The van der Waals surface area contributed by atoms with Crippen molar-refractivity contribution in [1.29, 1.82) is 0 Å². The Bertz CT molecular complexity index is 796. The molecule has 0 aliphatic rings. The van der Waals surface area contributed by atoms with Crippen LogP contribution in [0, 0.1) is 0 Å². The number of ether oxygens (including phenoxy) is 1.